The largest absolute Gasteiger partial charge is 0.397 e. The standard InChI is InChI=1S/C14H24N4OS/c1-10-5-2-3-7-18(10)8-4-6-17-12-9-11(15)13(20-12)14(16)19/h9-10,17H,2-8,15H2,1H3,(H2,16,19). The van der Waals surface area contributed by atoms with E-state index in [1.165, 1.54) is 37.1 Å². The molecule has 6 heteroatoms. The molecule has 1 atom stereocenters. The second-order valence-electron chi connectivity index (χ2n) is 5.42. The molecular formula is C14H24N4OS. The van der Waals surface area contributed by atoms with E-state index in [1.807, 2.05) is 0 Å². The first kappa shape index (κ1) is 15.1. The number of anilines is 2. The lowest BCUT2D eigenvalue weighted by Gasteiger charge is -2.33. The average Bonchev–Trinajstić information content (AvgIpc) is 2.78. The van der Waals surface area contributed by atoms with E-state index in [0.29, 0.717) is 16.6 Å². The summed E-state index contributed by atoms with van der Waals surface area (Å²) < 4.78 is 0. The minimum Gasteiger partial charge on any atom is -0.397 e. The second kappa shape index (κ2) is 6.95. The molecule has 2 heterocycles. The van der Waals surface area contributed by atoms with Crippen molar-refractivity contribution in [3.63, 3.8) is 0 Å². The molecular weight excluding hydrogens is 272 g/mol. The lowest BCUT2D eigenvalue weighted by molar-refractivity contribution is 0.100. The van der Waals surface area contributed by atoms with Crippen LogP contribution in [0, 0.1) is 0 Å². The van der Waals surface area contributed by atoms with Crippen molar-refractivity contribution >= 4 is 27.9 Å². The van der Waals surface area contributed by atoms with Gasteiger partial charge in [-0.25, -0.2) is 0 Å². The van der Waals surface area contributed by atoms with E-state index in [2.05, 4.69) is 17.1 Å². The molecule has 1 aliphatic heterocycles. The molecule has 0 bridgehead atoms. The van der Waals surface area contributed by atoms with E-state index in [0.717, 1.165) is 24.5 Å². The first-order valence-corrected chi connectivity index (χ1v) is 8.06. The van der Waals surface area contributed by atoms with Gasteiger partial charge in [0, 0.05) is 19.1 Å². The summed E-state index contributed by atoms with van der Waals surface area (Å²) in [6, 6.07) is 2.50. The zero-order valence-corrected chi connectivity index (χ0v) is 12.8. The smallest absolute Gasteiger partial charge is 0.260 e. The van der Waals surface area contributed by atoms with Gasteiger partial charge >= 0.3 is 0 Å². The van der Waals surface area contributed by atoms with Crippen LogP contribution in [-0.2, 0) is 0 Å². The SMILES string of the molecule is CC1CCCCN1CCCNc1cc(N)c(C(N)=O)s1. The fraction of sp³-hybridized carbons (Fsp3) is 0.643. The van der Waals surface area contributed by atoms with Crippen LogP contribution in [0.15, 0.2) is 6.07 Å². The van der Waals surface area contributed by atoms with Crippen LogP contribution in [0.3, 0.4) is 0 Å². The third-order valence-electron chi connectivity index (χ3n) is 3.85. The third kappa shape index (κ3) is 3.86. The van der Waals surface area contributed by atoms with Crippen LogP contribution < -0.4 is 16.8 Å². The van der Waals surface area contributed by atoms with Crippen LogP contribution in [0.1, 0.15) is 42.3 Å². The maximum Gasteiger partial charge on any atom is 0.260 e. The van der Waals surface area contributed by atoms with Crippen molar-refractivity contribution in [1.29, 1.82) is 0 Å². The van der Waals surface area contributed by atoms with Crippen molar-refractivity contribution in [2.24, 2.45) is 5.73 Å². The summed E-state index contributed by atoms with van der Waals surface area (Å²) in [7, 11) is 0. The molecule has 5 nitrogen and oxygen atoms in total. The summed E-state index contributed by atoms with van der Waals surface area (Å²) >= 11 is 1.33. The number of nitrogens with two attached hydrogens (primary N) is 2. The van der Waals surface area contributed by atoms with E-state index in [-0.39, 0.29) is 0 Å². The predicted octanol–water partition coefficient (Wildman–Crippen LogP) is 2.11. The van der Waals surface area contributed by atoms with E-state index >= 15 is 0 Å². The minimum atomic E-state index is -0.456. The highest BCUT2D eigenvalue weighted by Gasteiger charge is 2.17. The number of carbonyl (C=O) groups excluding carboxylic acids is 1. The Morgan fingerprint density at radius 3 is 3.00 bits per heavy atom. The summed E-state index contributed by atoms with van der Waals surface area (Å²) in [4.78, 5) is 14.1. The Balaban J connectivity index is 1.73. The van der Waals surface area contributed by atoms with Gasteiger partial charge in [0.25, 0.3) is 5.91 Å². The number of nitrogens with one attached hydrogen (secondary N) is 1. The molecule has 1 unspecified atom stereocenters. The number of piperidine rings is 1. The summed E-state index contributed by atoms with van der Waals surface area (Å²) in [5.74, 6) is -0.456. The van der Waals surface area contributed by atoms with Crippen LogP contribution in [0.25, 0.3) is 0 Å². The molecule has 0 aromatic carbocycles. The summed E-state index contributed by atoms with van der Waals surface area (Å²) in [5.41, 5.74) is 11.5. The highest BCUT2D eigenvalue weighted by molar-refractivity contribution is 7.18. The molecule has 20 heavy (non-hydrogen) atoms. The fourth-order valence-electron chi connectivity index (χ4n) is 2.67. The Morgan fingerprint density at radius 2 is 2.35 bits per heavy atom. The van der Waals surface area contributed by atoms with Gasteiger partial charge < -0.3 is 21.7 Å². The number of hydrogen-bond acceptors (Lipinski definition) is 5. The molecule has 0 radical (unpaired) electrons. The first-order chi connectivity index (χ1) is 9.58. The van der Waals surface area contributed by atoms with Gasteiger partial charge in [0.15, 0.2) is 0 Å². The molecule has 1 saturated heterocycles. The molecule has 0 saturated carbocycles. The fourth-order valence-corrected chi connectivity index (χ4v) is 3.53. The normalized spacial score (nSPS) is 19.9. The number of nitrogen functional groups attached to an aromatic ring is 1. The molecule has 0 aliphatic carbocycles. The van der Waals surface area contributed by atoms with Crippen LogP contribution in [0.5, 0.6) is 0 Å². The number of thiophene rings is 1. The highest BCUT2D eigenvalue weighted by atomic mass is 32.1. The molecule has 2 rings (SSSR count). The van der Waals surface area contributed by atoms with Gasteiger partial charge in [-0.1, -0.05) is 6.42 Å². The van der Waals surface area contributed by atoms with Crippen LogP contribution in [0.2, 0.25) is 0 Å². The van der Waals surface area contributed by atoms with Gasteiger partial charge in [-0.2, -0.15) is 0 Å². The van der Waals surface area contributed by atoms with Crippen molar-refractivity contribution in [3.8, 4) is 0 Å². The summed E-state index contributed by atoms with van der Waals surface area (Å²) in [6.45, 7) is 5.55. The Morgan fingerprint density at radius 1 is 1.55 bits per heavy atom. The summed E-state index contributed by atoms with van der Waals surface area (Å²) in [5, 5.41) is 4.24. The van der Waals surface area contributed by atoms with Gasteiger partial charge in [-0.15, -0.1) is 11.3 Å². The molecule has 1 fully saturated rings. The van der Waals surface area contributed by atoms with Crippen molar-refractivity contribution in [2.45, 2.75) is 38.6 Å². The highest BCUT2D eigenvalue weighted by Crippen LogP contribution is 2.28. The summed E-state index contributed by atoms with van der Waals surface area (Å²) in [6.07, 6.45) is 5.09. The zero-order valence-electron chi connectivity index (χ0n) is 12.0. The number of hydrogen-bond donors (Lipinski definition) is 3. The quantitative estimate of drug-likeness (QED) is 0.702. The first-order valence-electron chi connectivity index (χ1n) is 7.25. The Hall–Kier alpha value is -1.27. The van der Waals surface area contributed by atoms with Gasteiger partial charge in [0.1, 0.15) is 4.88 Å². The maximum absolute atomic E-state index is 11.1. The molecule has 1 aliphatic rings. The van der Waals surface area contributed by atoms with Crippen molar-refractivity contribution < 1.29 is 4.79 Å². The lowest BCUT2D eigenvalue weighted by atomic mass is 10.0. The van der Waals surface area contributed by atoms with Gasteiger partial charge in [-0.05, 0) is 38.8 Å². The Kier molecular flexibility index (Phi) is 5.25. The Bertz CT molecular complexity index is 460. The molecule has 5 N–H and O–H groups in total. The number of rotatable bonds is 6. The van der Waals surface area contributed by atoms with E-state index in [9.17, 15) is 4.79 Å². The number of primary amides is 1. The third-order valence-corrected chi connectivity index (χ3v) is 4.97. The zero-order chi connectivity index (χ0) is 14.5. The monoisotopic (exact) mass is 296 g/mol. The second-order valence-corrected chi connectivity index (χ2v) is 6.47. The van der Waals surface area contributed by atoms with Crippen molar-refractivity contribution in [2.75, 3.05) is 30.7 Å². The number of carbonyl (C=O) groups is 1. The molecule has 1 aromatic rings. The average molecular weight is 296 g/mol. The van der Waals surface area contributed by atoms with Crippen LogP contribution >= 0.6 is 11.3 Å². The van der Waals surface area contributed by atoms with Crippen molar-refractivity contribution in [3.05, 3.63) is 10.9 Å². The number of amides is 1. The van der Waals surface area contributed by atoms with Gasteiger partial charge in [0.2, 0.25) is 0 Å². The van der Waals surface area contributed by atoms with Crippen LogP contribution in [-0.4, -0.2) is 36.5 Å². The van der Waals surface area contributed by atoms with E-state index in [4.69, 9.17) is 11.5 Å². The maximum atomic E-state index is 11.1. The van der Waals surface area contributed by atoms with E-state index in [1.54, 1.807) is 6.07 Å². The molecule has 1 amide bonds. The molecule has 112 valence electrons. The number of nitrogens with zero attached hydrogens (tertiary/aromatic N) is 1. The predicted molar refractivity (Wildman–Crippen MR) is 85.2 cm³/mol. The Labute approximate surface area is 124 Å². The topological polar surface area (TPSA) is 84.4 Å². The van der Waals surface area contributed by atoms with Gasteiger partial charge in [0.05, 0.1) is 10.7 Å². The molecule has 0 spiro atoms. The number of likely N-dealkylation sites (tertiary alicyclic amines) is 1. The van der Waals surface area contributed by atoms with Crippen LogP contribution in [0.4, 0.5) is 10.7 Å². The lowest BCUT2D eigenvalue weighted by Crippen LogP contribution is -2.38. The van der Waals surface area contributed by atoms with Crippen molar-refractivity contribution in [1.82, 2.24) is 4.90 Å². The minimum absolute atomic E-state index is 0.442. The van der Waals surface area contributed by atoms with E-state index < -0.39 is 5.91 Å². The van der Waals surface area contributed by atoms with Gasteiger partial charge in [-0.3, -0.25) is 4.79 Å². The molecule has 1 aromatic heterocycles.